The van der Waals surface area contributed by atoms with Crippen LogP contribution in [0.3, 0.4) is 0 Å². The van der Waals surface area contributed by atoms with E-state index in [0.717, 1.165) is 16.1 Å². The van der Waals surface area contributed by atoms with E-state index >= 15 is 0 Å². The number of benzene rings is 2. The number of nitrogens with one attached hydrogen (secondary N) is 1. The van der Waals surface area contributed by atoms with Crippen LogP contribution in [0.1, 0.15) is 24.9 Å². The van der Waals surface area contributed by atoms with Gasteiger partial charge in [-0.05, 0) is 30.2 Å². The Morgan fingerprint density at radius 2 is 1.69 bits per heavy atom. The predicted octanol–water partition coefficient (Wildman–Crippen LogP) is 4.03. The van der Waals surface area contributed by atoms with Crippen LogP contribution < -0.4 is 9.62 Å². The van der Waals surface area contributed by atoms with Gasteiger partial charge in [-0.3, -0.25) is 9.10 Å². The highest BCUT2D eigenvalue weighted by Gasteiger charge is 2.23. The summed E-state index contributed by atoms with van der Waals surface area (Å²) in [6.07, 6.45) is 1.71. The molecule has 140 valence electrons. The van der Waals surface area contributed by atoms with Gasteiger partial charge in [-0.1, -0.05) is 60.5 Å². The summed E-state index contributed by atoms with van der Waals surface area (Å²) in [4.78, 5) is 12.5. The quantitative estimate of drug-likeness (QED) is 0.743. The van der Waals surface area contributed by atoms with Gasteiger partial charge in [0.1, 0.15) is 6.54 Å². The van der Waals surface area contributed by atoms with Crippen molar-refractivity contribution >= 4 is 44.8 Å². The van der Waals surface area contributed by atoms with Gasteiger partial charge >= 0.3 is 0 Å². The Bertz CT molecular complexity index is 853. The molecule has 26 heavy (non-hydrogen) atoms. The lowest BCUT2D eigenvalue weighted by Crippen LogP contribution is -2.41. The van der Waals surface area contributed by atoms with Crippen molar-refractivity contribution in [1.82, 2.24) is 5.32 Å². The van der Waals surface area contributed by atoms with E-state index in [2.05, 4.69) is 5.32 Å². The topological polar surface area (TPSA) is 66.5 Å². The summed E-state index contributed by atoms with van der Waals surface area (Å²) in [7, 11) is -3.70. The van der Waals surface area contributed by atoms with Gasteiger partial charge in [-0.15, -0.1) is 0 Å². The fourth-order valence-corrected chi connectivity index (χ4v) is 3.91. The van der Waals surface area contributed by atoms with E-state index in [9.17, 15) is 13.2 Å². The van der Waals surface area contributed by atoms with E-state index in [-0.39, 0.29) is 28.3 Å². The van der Waals surface area contributed by atoms with Crippen molar-refractivity contribution in [3.63, 3.8) is 0 Å². The van der Waals surface area contributed by atoms with Crippen molar-refractivity contribution < 1.29 is 13.2 Å². The second-order valence-electron chi connectivity index (χ2n) is 5.84. The number of hydrogen-bond acceptors (Lipinski definition) is 3. The van der Waals surface area contributed by atoms with E-state index in [1.807, 2.05) is 37.3 Å². The molecule has 0 saturated heterocycles. The lowest BCUT2D eigenvalue weighted by atomic mass is 10.0. The first kappa shape index (κ1) is 20.6. The van der Waals surface area contributed by atoms with E-state index in [4.69, 9.17) is 23.2 Å². The largest absolute Gasteiger partial charge is 0.348 e. The summed E-state index contributed by atoms with van der Waals surface area (Å²) in [5.41, 5.74) is 1.20. The van der Waals surface area contributed by atoms with Crippen molar-refractivity contribution in [2.24, 2.45) is 0 Å². The molecule has 0 heterocycles. The van der Waals surface area contributed by atoms with Crippen LogP contribution >= 0.6 is 23.2 Å². The van der Waals surface area contributed by atoms with Crippen molar-refractivity contribution in [2.75, 3.05) is 17.1 Å². The van der Waals surface area contributed by atoms with Crippen LogP contribution in [-0.4, -0.2) is 27.1 Å². The van der Waals surface area contributed by atoms with Crippen molar-refractivity contribution in [1.29, 1.82) is 0 Å². The molecule has 2 aromatic carbocycles. The number of carbonyl (C=O) groups is 1. The molecule has 0 aliphatic rings. The molecule has 0 aliphatic carbocycles. The highest BCUT2D eigenvalue weighted by Crippen LogP contribution is 2.27. The van der Waals surface area contributed by atoms with Gasteiger partial charge in [0.25, 0.3) is 0 Å². The third kappa shape index (κ3) is 5.62. The maximum atomic E-state index is 12.5. The highest BCUT2D eigenvalue weighted by atomic mass is 35.5. The Labute approximate surface area is 164 Å². The minimum Gasteiger partial charge on any atom is -0.348 e. The fraction of sp³-hybridized carbons (Fsp3) is 0.278. The number of rotatable bonds is 7. The van der Waals surface area contributed by atoms with Crippen molar-refractivity contribution in [2.45, 2.75) is 19.4 Å². The van der Waals surface area contributed by atoms with Gasteiger partial charge in [-0.25, -0.2) is 8.42 Å². The predicted molar refractivity (Wildman–Crippen MR) is 106 cm³/mol. The Morgan fingerprint density at radius 1 is 1.12 bits per heavy atom. The molecule has 0 aromatic heterocycles. The zero-order valence-electron chi connectivity index (χ0n) is 14.4. The molecule has 0 unspecified atom stereocenters. The number of anilines is 1. The number of hydrogen-bond donors (Lipinski definition) is 1. The molecule has 0 fully saturated rings. The van der Waals surface area contributed by atoms with Crippen LogP contribution in [-0.2, 0) is 14.8 Å². The van der Waals surface area contributed by atoms with E-state index in [1.165, 1.54) is 18.2 Å². The molecule has 1 amide bonds. The van der Waals surface area contributed by atoms with Crippen LogP contribution in [0.2, 0.25) is 10.0 Å². The summed E-state index contributed by atoms with van der Waals surface area (Å²) >= 11 is 11.9. The van der Waals surface area contributed by atoms with E-state index in [0.29, 0.717) is 6.42 Å². The van der Waals surface area contributed by atoms with Gasteiger partial charge in [-0.2, -0.15) is 0 Å². The lowest BCUT2D eigenvalue weighted by molar-refractivity contribution is -0.120. The molecule has 1 atom stereocenters. The molecular weight excluding hydrogens is 395 g/mol. The zero-order chi connectivity index (χ0) is 19.3. The molecule has 0 radical (unpaired) electrons. The Morgan fingerprint density at radius 3 is 2.19 bits per heavy atom. The first-order chi connectivity index (χ1) is 12.2. The maximum Gasteiger partial charge on any atom is 0.241 e. The molecule has 2 rings (SSSR count). The minimum absolute atomic E-state index is 0.201. The van der Waals surface area contributed by atoms with Gasteiger partial charge in [0.15, 0.2) is 0 Å². The number of carbonyl (C=O) groups excluding carboxylic acids is 1. The van der Waals surface area contributed by atoms with Gasteiger partial charge < -0.3 is 5.32 Å². The smallest absolute Gasteiger partial charge is 0.241 e. The van der Waals surface area contributed by atoms with Crippen LogP contribution in [0.15, 0.2) is 48.5 Å². The Kier molecular flexibility index (Phi) is 6.92. The second-order valence-corrected chi connectivity index (χ2v) is 8.62. The van der Waals surface area contributed by atoms with Gasteiger partial charge in [0.2, 0.25) is 15.9 Å². The van der Waals surface area contributed by atoms with E-state index in [1.54, 1.807) is 0 Å². The summed E-state index contributed by atoms with van der Waals surface area (Å²) in [6, 6.07) is 13.7. The first-order valence-corrected chi connectivity index (χ1v) is 10.6. The number of sulfonamides is 1. The van der Waals surface area contributed by atoms with Crippen LogP contribution in [0.5, 0.6) is 0 Å². The number of nitrogens with zero attached hydrogens (tertiary/aromatic N) is 1. The number of amides is 1. The summed E-state index contributed by atoms with van der Waals surface area (Å²) in [5.74, 6) is -0.415. The van der Waals surface area contributed by atoms with Crippen molar-refractivity contribution in [3.8, 4) is 0 Å². The average Bonchev–Trinajstić information content (AvgIpc) is 2.56. The Balaban J connectivity index is 2.22. The van der Waals surface area contributed by atoms with Gasteiger partial charge in [0.05, 0.1) is 18.0 Å². The second kappa shape index (κ2) is 8.75. The molecule has 0 spiro atoms. The molecule has 0 bridgehead atoms. The maximum absolute atomic E-state index is 12.5. The SMILES string of the molecule is CC[C@H](NC(=O)CN(c1cc(Cl)cc(Cl)c1)S(C)(=O)=O)c1ccccc1. The summed E-state index contributed by atoms with van der Waals surface area (Å²) in [5, 5.41) is 3.45. The molecular formula is C18H20Cl2N2O3S. The normalized spacial score (nSPS) is 12.5. The fourth-order valence-electron chi connectivity index (χ4n) is 2.56. The van der Waals surface area contributed by atoms with Gasteiger partial charge in [0, 0.05) is 10.0 Å². The average molecular weight is 415 g/mol. The van der Waals surface area contributed by atoms with E-state index < -0.39 is 15.9 Å². The van der Waals surface area contributed by atoms with Crippen LogP contribution in [0.25, 0.3) is 0 Å². The molecule has 5 nitrogen and oxygen atoms in total. The molecule has 0 aliphatic heterocycles. The van der Waals surface area contributed by atoms with Crippen molar-refractivity contribution in [3.05, 3.63) is 64.1 Å². The van der Waals surface area contributed by atoms with Crippen LogP contribution in [0, 0.1) is 0 Å². The summed E-state index contributed by atoms with van der Waals surface area (Å²) in [6.45, 7) is 1.59. The number of halogens is 2. The lowest BCUT2D eigenvalue weighted by Gasteiger charge is -2.24. The molecule has 8 heteroatoms. The molecule has 0 saturated carbocycles. The third-order valence-corrected chi connectivity index (χ3v) is 5.35. The Hall–Kier alpha value is -1.76. The minimum atomic E-state index is -3.70. The monoisotopic (exact) mass is 414 g/mol. The summed E-state index contributed by atoms with van der Waals surface area (Å²) < 4.78 is 25.3. The molecule has 1 N–H and O–H groups in total. The first-order valence-electron chi connectivity index (χ1n) is 7.99. The third-order valence-electron chi connectivity index (χ3n) is 3.77. The highest BCUT2D eigenvalue weighted by molar-refractivity contribution is 7.92. The molecule has 2 aromatic rings. The standard InChI is InChI=1S/C18H20Cl2N2O3S/c1-3-17(13-7-5-4-6-8-13)21-18(23)12-22(26(2,24)25)16-10-14(19)9-15(20)11-16/h4-11,17H,3,12H2,1-2H3,(H,21,23)/t17-/m0/s1. The van der Waals surface area contributed by atoms with Crippen LogP contribution in [0.4, 0.5) is 5.69 Å². The zero-order valence-corrected chi connectivity index (χ0v) is 16.8.